The smallest absolute Gasteiger partial charge is 0.289 e. The van der Waals surface area contributed by atoms with E-state index in [9.17, 15) is 4.79 Å². The molecule has 0 aliphatic carbocycles. The van der Waals surface area contributed by atoms with Crippen molar-refractivity contribution in [2.75, 3.05) is 13.1 Å². The second-order valence-corrected chi connectivity index (χ2v) is 5.73. The van der Waals surface area contributed by atoms with E-state index < -0.39 is 0 Å². The first-order valence-electron chi connectivity index (χ1n) is 6.68. The fourth-order valence-electron chi connectivity index (χ4n) is 2.64. The van der Waals surface area contributed by atoms with Gasteiger partial charge in [0.05, 0.1) is 0 Å². The Morgan fingerprint density at radius 3 is 2.50 bits per heavy atom. The van der Waals surface area contributed by atoms with Gasteiger partial charge in [0, 0.05) is 25.5 Å². The Kier molecular flexibility index (Phi) is 3.87. The quantitative estimate of drug-likeness (QED) is 0.844. The molecule has 1 amide bonds. The van der Waals surface area contributed by atoms with Gasteiger partial charge in [-0.05, 0) is 64.5 Å². The third-order valence-corrected chi connectivity index (χ3v) is 4.17. The van der Waals surface area contributed by atoms with Gasteiger partial charge in [-0.25, -0.2) is 0 Å². The van der Waals surface area contributed by atoms with Gasteiger partial charge >= 0.3 is 0 Å². The van der Waals surface area contributed by atoms with E-state index in [1.54, 1.807) is 12.1 Å². The van der Waals surface area contributed by atoms with Crippen molar-refractivity contribution in [1.82, 2.24) is 9.88 Å². The van der Waals surface area contributed by atoms with Crippen LogP contribution in [0.3, 0.4) is 0 Å². The highest BCUT2D eigenvalue weighted by atomic mass is 79.9. The number of halogens is 1. The van der Waals surface area contributed by atoms with Crippen LogP contribution in [0.15, 0.2) is 45.7 Å². The molecule has 1 aliphatic rings. The number of hydrogen-bond acceptors (Lipinski definition) is 3. The van der Waals surface area contributed by atoms with Crippen molar-refractivity contribution in [3.05, 3.63) is 52.7 Å². The summed E-state index contributed by atoms with van der Waals surface area (Å²) in [5, 5.41) is 0. The molecule has 104 valence electrons. The molecule has 0 spiro atoms. The van der Waals surface area contributed by atoms with E-state index in [1.807, 2.05) is 17.3 Å². The van der Waals surface area contributed by atoms with Crippen molar-refractivity contribution < 1.29 is 9.21 Å². The first-order chi connectivity index (χ1) is 9.74. The third-order valence-electron chi connectivity index (χ3n) is 3.74. The topological polar surface area (TPSA) is 46.3 Å². The molecular formula is C15H15BrN2O2. The number of likely N-dealkylation sites (tertiary alicyclic amines) is 1. The Hall–Kier alpha value is -1.62. The highest BCUT2D eigenvalue weighted by Crippen LogP contribution is 2.28. The van der Waals surface area contributed by atoms with E-state index in [1.165, 1.54) is 5.56 Å². The van der Waals surface area contributed by atoms with Crippen LogP contribution in [0.25, 0.3) is 0 Å². The van der Waals surface area contributed by atoms with Gasteiger partial charge in [-0.3, -0.25) is 9.78 Å². The first kappa shape index (κ1) is 13.4. The van der Waals surface area contributed by atoms with Crippen LogP contribution in [0.1, 0.15) is 34.9 Å². The lowest BCUT2D eigenvalue weighted by Gasteiger charge is -2.31. The molecule has 20 heavy (non-hydrogen) atoms. The largest absolute Gasteiger partial charge is 0.444 e. The van der Waals surface area contributed by atoms with E-state index in [0.29, 0.717) is 16.3 Å². The normalized spacial score (nSPS) is 16.4. The minimum atomic E-state index is -0.0242. The van der Waals surface area contributed by atoms with Gasteiger partial charge in [-0.15, -0.1) is 0 Å². The highest BCUT2D eigenvalue weighted by molar-refractivity contribution is 9.10. The summed E-state index contributed by atoms with van der Waals surface area (Å²) >= 11 is 3.22. The van der Waals surface area contributed by atoms with Gasteiger partial charge in [0.15, 0.2) is 10.4 Å². The molecular weight excluding hydrogens is 320 g/mol. The average molecular weight is 335 g/mol. The zero-order chi connectivity index (χ0) is 13.9. The van der Waals surface area contributed by atoms with Crippen LogP contribution in [0.4, 0.5) is 0 Å². The molecule has 1 saturated heterocycles. The van der Waals surface area contributed by atoms with Crippen LogP contribution in [-0.4, -0.2) is 28.9 Å². The molecule has 4 nitrogen and oxygen atoms in total. The highest BCUT2D eigenvalue weighted by Gasteiger charge is 2.26. The summed E-state index contributed by atoms with van der Waals surface area (Å²) in [6.45, 7) is 1.54. The molecule has 0 saturated carbocycles. The summed E-state index contributed by atoms with van der Waals surface area (Å²) in [7, 11) is 0. The number of amides is 1. The lowest BCUT2D eigenvalue weighted by atomic mass is 9.90. The standard InChI is InChI=1S/C15H15BrN2O2/c16-14-2-1-13(20-14)15(19)18-9-5-12(6-10-18)11-3-7-17-8-4-11/h1-4,7-8,12H,5-6,9-10H2. The average Bonchev–Trinajstić information content (AvgIpc) is 2.94. The van der Waals surface area contributed by atoms with Crippen LogP contribution in [-0.2, 0) is 0 Å². The van der Waals surface area contributed by atoms with E-state index >= 15 is 0 Å². The monoisotopic (exact) mass is 334 g/mol. The summed E-state index contributed by atoms with van der Waals surface area (Å²) in [5.41, 5.74) is 1.31. The summed E-state index contributed by atoms with van der Waals surface area (Å²) in [6, 6.07) is 7.58. The fourth-order valence-corrected chi connectivity index (χ4v) is 2.94. The molecule has 0 unspecified atom stereocenters. The molecule has 5 heteroatoms. The zero-order valence-electron chi connectivity index (χ0n) is 11.0. The summed E-state index contributed by atoms with van der Waals surface area (Å²) < 4.78 is 5.92. The minimum absolute atomic E-state index is 0.0242. The van der Waals surface area contributed by atoms with Crippen molar-refractivity contribution >= 4 is 21.8 Å². The number of furan rings is 1. The molecule has 3 heterocycles. The van der Waals surface area contributed by atoms with E-state index in [2.05, 4.69) is 33.0 Å². The van der Waals surface area contributed by atoms with Crippen LogP contribution in [0.5, 0.6) is 0 Å². The number of hydrogen-bond donors (Lipinski definition) is 0. The Morgan fingerprint density at radius 2 is 1.90 bits per heavy atom. The predicted octanol–water partition coefficient (Wildman–Crippen LogP) is 3.46. The molecule has 2 aromatic rings. The predicted molar refractivity (Wildman–Crippen MR) is 78.5 cm³/mol. The van der Waals surface area contributed by atoms with Crippen molar-refractivity contribution in [2.45, 2.75) is 18.8 Å². The molecule has 1 fully saturated rings. The van der Waals surface area contributed by atoms with Gasteiger partial charge in [-0.1, -0.05) is 0 Å². The van der Waals surface area contributed by atoms with Crippen LogP contribution < -0.4 is 0 Å². The maximum atomic E-state index is 12.3. The van der Waals surface area contributed by atoms with Crippen LogP contribution in [0.2, 0.25) is 0 Å². The van der Waals surface area contributed by atoms with E-state index in [4.69, 9.17) is 4.42 Å². The minimum Gasteiger partial charge on any atom is -0.444 e. The third kappa shape index (κ3) is 2.77. The lowest BCUT2D eigenvalue weighted by molar-refractivity contribution is 0.0679. The van der Waals surface area contributed by atoms with E-state index in [0.717, 1.165) is 25.9 Å². The Morgan fingerprint density at radius 1 is 1.20 bits per heavy atom. The van der Waals surface area contributed by atoms with Gasteiger partial charge < -0.3 is 9.32 Å². The molecule has 0 atom stereocenters. The zero-order valence-corrected chi connectivity index (χ0v) is 12.5. The van der Waals surface area contributed by atoms with Crippen molar-refractivity contribution in [3.8, 4) is 0 Å². The lowest BCUT2D eigenvalue weighted by Crippen LogP contribution is -2.37. The SMILES string of the molecule is O=C(c1ccc(Br)o1)N1CCC(c2ccncc2)CC1. The number of carbonyl (C=O) groups excluding carboxylic acids is 1. The molecule has 0 aromatic carbocycles. The number of pyridine rings is 1. The van der Waals surface area contributed by atoms with Crippen LogP contribution in [0, 0.1) is 0 Å². The Balaban J connectivity index is 1.63. The van der Waals surface area contributed by atoms with Crippen molar-refractivity contribution in [3.63, 3.8) is 0 Å². The summed E-state index contributed by atoms with van der Waals surface area (Å²) in [5.74, 6) is 0.897. The molecule has 0 N–H and O–H groups in total. The van der Waals surface area contributed by atoms with Crippen molar-refractivity contribution in [1.29, 1.82) is 0 Å². The van der Waals surface area contributed by atoms with Gasteiger partial charge in [0.25, 0.3) is 5.91 Å². The van der Waals surface area contributed by atoms with Gasteiger partial charge in [0.2, 0.25) is 0 Å². The maximum absolute atomic E-state index is 12.3. The van der Waals surface area contributed by atoms with Gasteiger partial charge in [0.1, 0.15) is 0 Å². The molecule has 1 aliphatic heterocycles. The number of carbonyl (C=O) groups is 1. The molecule has 0 bridgehead atoms. The van der Waals surface area contributed by atoms with Crippen molar-refractivity contribution in [2.24, 2.45) is 0 Å². The molecule has 3 rings (SSSR count). The maximum Gasteiger partial charge on any atom is 0.289 e. The summed E-state index contributed by atoms with van der Waals surface area (Å²) in [4.78, 5) is 18.2. The fraction of sp³-hybridized carbons (Fsp3) is 0.333. The van der Waals surface area contributed by atoms with Crippen LogP contribution >= 0.6 is 15.9 Å². The second-order valence-electron chi connectivity index (χ2n) is 4.95. The Labute approximate surface area is 125 Å². The Bertz CT molecular complexity index is 589. The summed E-state index contributed by atoms with van der Waals surface area (Å²) in [6.07, 6.45) is 5.62. The molecule has 0 radical (unpaired) electrons. The first-order valence-corrected chi connectivity index (χ1v) is 7.48. The number of rotatable bonds is 2. The van der Waals surface area contributed by atoms with Gasteiger partial charge in [-0.2, -0.15) is 0 Å². The number of piperidine rings is 1. The molecule has 2 aromatic heterocycles. The second kappa shape index (κ2) is 5.79. The number of nitrogens with zero attached hydrogens (tertiary/aromatic N) is 2. The van der Waals surface area contributed by atoms with E-state index in [-0.39, 0.29) is 5.91 Å². The number of aromatic nitrogens is 1.